The van der Waals surface area contributed by atoms with Crippen molar-refractivity contribution in [3.63, 3.8) is 0 Å². The van der Waals surface area contributed by atoms with Crippen LogP contribution in [0.5, 0.6) is 0 Å². The Bertz CT molecular complexity index is 791. The fraction of sp³-hybridized carbons (Fsp3) is 0.133. The third-order valence-electron chi connectivity index (χ3n) is 3.29. The van der Waals surface area contributed by atoms with Gasteiger partial charge in [0.05, 0.1) is 11.0 Å². The summed E-state index contributed by atoms with van der Waals surface area (Å²) in [5, 5.41) is 0. The lowest BCUT2D eigenvalue weighted by molar-refractivity contribution is 0.577. The average Bonchev–Trinajstić information content (AvgIpc) is 2.70. The van der Waals surface area contributed by atoms with Gasteiger partial charge < -0.3 is 10.3 Å². The zero-order chi connectivity index (χ0) is 15.0. The smallest absolute Gasteiger partial charge is 0.201 e. The molecule has 1 aromatic heterocycles. The third-order valence-corrected chi connectivity index (χ3v) is 3.29. The average molecular weight is 291 g/mol. The number of anilines is 1. The number of imidazole rings is 1. The van der Waals surface area contributed by atoms with Crippen molar-refractivity contribution >= 4 is 17.0 Å². The molecular weight excluding hydrogens is 279 g/mol. The van der Waals surface area contributed by atoms with Crippen LogP contribution in [0.4, 0.5) is 19.1 Å². The summed E-state index contributed by atoms with van der Waals surface area (Å²) in [6, 6.07) is 7.53. The topological polar surface area (TPSA) is 43.8 Å². The van der Waals surface area contributed by atoms with Crippen molar-refractivity contribution < 1.29 is 13.2 Å². The summed E-state index contributed by atoms with van der Waals surface area (Å²) in [5.74, 6) is -1.40. The first-order valence-corrected chi connectivity index (χ1v) is 6.39. The molecule has 0 radical (unpaired) electrons. The van der Waals surface area contributed by atoms with Crippen LogP contribution in [0, 0.1) is 17.5 Å². The molecule has 6 heteroatoms. The van der Waals surface area contributed by atoms with Gasteiger partial charge in [-0.2, -0.15) is 0 Å². The van der Waals surface area contributed by atoms with Gasteiger partial charge in [-0.1, -0.05) is 0 Å². The van der Waals surface area contributed by atoms with E-state index in [4.69, 9.17) is 5.73 Å². The fourth-order valence-electron chi connectivity index (χ4n) is 2.35. The highest BCUT2D eigenvalue weighted by atomic mass is 19.1. The second-order valence-electron chi connectivity index (χ2n) is 4.78. The number of hydrogen-bond donors (Lipinski definition) is 1. The fourth-order valence-corrected chi connectivity index (χ4v) is 2.35. The third kappa shape index (κ3) is 2.69. The van der Waals surface area contributed by atoms with Crippen LogP contribution in [-0.4, -0.2) is 9.55 Å². The molecule has 0 aliphatic heterocycles. The number of aryl methyl sites for hydroxylation is 2. The zero-order valence-corrected chi connectivity index (χ0v) is 11.0. The molecule has 1 heterocycles. The van der Waals surface area contributed by atoms with Crippen molar-refractivity contribution in [1.29, 1.82) is 0 Å². The standard InChI is InChI=1S/C15H12F3N3/c16-10-1-2-13-14(8-10)21(15(19)20-13)4-3-9-5-11(17)7-12(18)6-9/h1-2,5-8H,3-4H2,(H2,19,20). The van der Waals surface area contributed by atoms with Crippen molar-refractivity contribution in [3.05, 3.63) is 59.4 Å². The van der Waals surface area contributed by atoms with Gasteiger partial charge in [0.25, 0.3) is 0 Å². The van der Waals surface area contributed by atoms with E-state index in [1.807, 2.05) is 0 Å². The Balaban J connectivity index is 1.91. The minimum absolute atomic E-state index is 0.243. The largest absolute Gasteiger partial charge is 0.369 e. The Morgan fingerprint density at radius 2 is 1.67 bits per heavy atom. The first-order chi connectivity index (χ1) is 10.0. The van der Waals surface area contributed by atoms with E-state index >= 15 is 0 Å². The van der Waals surface area contributed by atoms with Crippen LogP contribution < -0.4 is 5.73 Å². The van der Waals surface area contributed by atoms with E-state index < -0.39 is 11.6 Å². The molecule has 0 saturated heterocycles. The summed E-state index contributed by atoms with van der Waals surface area (Å²) in [4.78, 5) is 4.13. The van der Waals surface area contributed by atoms with Crippen molar-refractivity contribution in [2.45, 2.75) is 13.0 Å². The maximum absolute atomic E-state index is 13.3. The van der Waals surface area contributed by atoms with Gasteiger partial charge in [-0.25, -0.2) is 18.2 Å². The van der Waals surface area contributed by atoms with E-state index in [9.17, 15) is 13.2 Å². The van der Waals surface area contributed by atoms with Crippen LogP contribution in [0.25, 0.3) is 11.0 Å². The molecule has 0 aliphatic carbocycles. The second-order valence-corrected chi connectivity index (χ2v) is 4.78. The van der Waals surface area contributed by atoms with Crippen molar-refractivity contribution in [1.82, 2.24) is 9.55 Å². The van der Waals surface area contributed by atoms with Crippen LogP contribution in [0.15, 0.2) is 36.4 Å². The monoisotopic (exact) mass is 291 g/mol. The van der Waals surface area contributed by atoms with E-state index in [-0.39, 0.29) is 11.8 Å². The quantitative estimate of drug-likeness (QED) is 0.805. The number of benzene rings is 2. The number of fused-ring (bicyclic) bond motifs is 1. The molecule has 2 aromatic carbocycles. The molecule has 0 unspecified atom stereocenters. The summed E-state index contributed by atoms with van der Waals surface area (Å²) < 4.78 is 41.2. The molecule has 0 saturated carbocycles. The highest BCUT2D eigenvalue weighted by Gasteiger charge is 2.09. The Morgan fingerprint density at radius 1 is 0.952 bits per heavy atom. The maximum atomic E-state index is 13.3. The minimum atomic E-state index is -0.625. The number of nitrogens with two attached hydrogens (primary N) is 1. The van der Waals surface area contributed by atoms with E-state index in [0.717, 1.165) is 6.07 Å². The summed E-state index contributed by atoms with van der Waals surface area (Å²) in [7, 11) is 0. The van der Waals surface area contributed by atoms with Gasteiger partial charge in [-0.15, -0.1) is 0 Å². The van der Waals surface area contributed by atoms with Gasteiger partial charge >= 0.3 is 0 Å². The number of nitrogens with zero attached hydrogens (tertiary/aromatic N) is 2. The molecule has 21 heavy (non-hydrogen) atoms. The van der Waals surface area contributed by atoms with Gasteiger partial charge in [0.15, 0.2) is 0 Å². The van der Waals surface area contributed by atoms with Crippen LogP contribution in [0.2, 0.25) is 0 Å². The van der Waals surface area contributed by atoms with E-state index in [0.29, 0.717) is 29.6 Å². The number of halogens is 3. The molecule has 0 bridgehead atoms. The van der Waals surface area contributed by atoms with Crippen molar-refractivity contribution in [2.75, 3.05) is 5.73 Å². The molecule has 3 nitrogen and oxygen atoms in total. The van der Waals surface area contributed by atoms with Gasteiger partial charge in [0.2, 0.25) is 5.95 Å². The molecule has 2 N–H and O–H groups in total. The van der Waals surface area contributed by atoms with Crippen molar-refractivity contribution in [3.8, 4) is 0 Å². The predicted molar refractivity (Wildman–Crippen MR) is 74.2 cm³/mol. The Kier molecular flexibility index (Phi) is 3.29. The highest BCUT2D eigenvalue weighted by Crippen LogP contribution is 2.20. The van der Waals surface area contributed by atoms with Crippen LogP contribution >= 0.6 is 0 Å². The lowest BCUT2D eigenvalue weighted by Crippen LogP contribution is -2.06. The molecular formula is C15H12F3N3. The predicted octanol–water partition coefficient (Wildman–Crippen LogP) is 3.28. The lowest BCUT2D eigenvalue weighted by atomic mass is 10.1. The molecule has 0 fully saturated rings. The SMILES string of the molecule is Nc1nc2ccc(F)cc2n1CCc1cc(F)cc(F)c1. The molecule has 0 aliphatic rings. The lowest BCUT2D eigenvalue weighted by Gasteiger charge is -2.07. The number of aromatic nitrogens is 2. The number of rotatable bonds is 3. The Morgan fingerprint density at radius 3 is 2.38 bits per heavy atom. The molecule has 0 amide bonds. The Labute approximate surface area is 118 Å². The summed E-state index contributed by atoms with van der Waals surface area (Å²) in [5.41, 5.74) is 7.46. The Hall–Kier alpha value is -2.50. The van der Waals surface area contributed by atoms with Crippen LogP contribution in [0.3, 0.4) is 0 Å². The molecule has 3 rings (SSSR count). The van der Waals surface area contributed by atoms with Gasteiger partial charge in [0, 0.05) is 12.6 Å². The molecule has 0 spiro atoms. The summed E-state index contributed by atoms with van der Waals surface area (Å²) in [6.07, 6.45) is 0.362. The number of nitrogen functional groups attached to an aromatic ring is 1. The zero-order valence-electron chi connectivity index (χ0n) is 11.0. The normalized spacial score (nSPS) is 11.2. The van der Waals surface area contributed by atoms with Gasteiger partial charge in [0.1, 0.15) is 17.5 Å². The van der Waals surface area contributed by atoms with E-state index in [1.165, 1.54) is 24.3 Å². The highest BCUT2D eigenvalue weighted by molar-refractivity contribution is 5.78. The summed E-state index contributed by atoms with van der Waals surface area (Å²) >= 11 is 0. The van der Waals surface area contributed by atoms with Gasteiger partial charge in [-0.05, 0) is 42.3 Å². The molecule has 3 aromatic rings. The summed E-state index contributed by atoms with van der Waals surface area (Å²) in [6.45, 7) is 0.356. The first-order valence-electron chi connectivity index (χ1n) is 6.39. The van der Waals surface area contributed by atoms with Gasteiger partial charge in [-0.3, -0.25) is 0 Å². The maximum Gasteiger partial charge on any atom is 0.201 e. The molecule has 0 atom stereocenters. The first kappa shape index (κ1) is 13.5. The minimum Gasteiger partial charge on any atom is -0.369 e. The number of hydrogen-bond acceptors (Lipinski definition) is 2. The molecule has 108 valence electrons. The van der Waals surface area contributed by atoms with Crippen LogP contribution in [-0.2, 0) is 13.0 Å². The van der Waals surface area contributed by atoms with E-state index in [1.54, 1.807) is 10.6 Å². The van der Waals surface area contributed by atoms with E-state index in [2.05, 4.69) is 4.98 Å². The van der Waals surface area contributed by atoms with Crippen molar-refractivity contribution in [2.24, 2.45) is 0 Å². The second kappa shape index (κ2) is 5.12. The van der Waals surface area contributed by atoms with Crippen LogP contribution in [0.1, 0.15) is 5.56 Å².